The molecule has 1 atom stereocenters. The number of carboxylic acid groups (broad SMARTS) is 1. The molecule has 0 bridgehead atoms. The average molecular weight is 297 g/mol. The van der Waals surface area contributed by atoms with E-state index in [1.165, 1.54) is 25.7 Å². The molecule has 1 spiro atoms. The van der Waals surface area contributed by atoms with E-state index < -0.39 is 5.97 Å². The Labute approximate surface area is 128 Å². The van der Waals surface area contributed by atoms with Gasteiger partial charge in [0.05, 0.1) is 5.60 Å². The predicted molar refractivity (Wildman–Crippen MR) is 83.4 cm³/mol. The highest BCUT2D eigenvalue weighted by molar-refractivity contribution is 5.66. The van der Waals surface area contributed by atoms with Crippen LogP contribution in [0.3, 0.4) is 0 Å². The summed E-state index contributed by atoms with van der Waals surface area (Å²) < 4.78 is 6.06. The van der Waals surface area contributed by atoms with Crippen LogP contribution in [0.15, 0.2) is 0 Å². The van der Waals surface area contributed by atoms with E-state index in [0.717, 1.165) is 38.8 Å². The van der Waals surface area contributed by atoms with Crippen LogP contribution in [0.5, 0.6) is 0 Å². The second-order valence-electron chi connectivity index (χ2n) is 7.69. The molecule has 2 rings (SSSR count). The molecule has 0 aromatic rings. The van der Waals surface area contributed by atoms with E-state index in [1.54, 1.807) is 0 Å². The van der Waals surface area contributed by atoms with Crippen LogP contribution in [0.4, 0.5) is 0 Å². The van der Waals surface area contributed by atoms with Crippen LogP contribution in [0.2, 0.25) is 0 Å². The van der Waals surface area contributed by atoms with Crippen LogP contribution in [0.25, 0.3) is 0 Å². The predicted octanol–water partition coefficient (Wildman–Crippen LogP) is 3.35. The Kier molecular flexibility index (Phi) is 5.67. The number of aliphatic carboxylic acids is 1. The third kappa shape index (κ3) is 5.26. The van der Waals surface area contributed by atoms with Crippen LogP contribution in [0.1, 0.15) is 71.6 Å². The van der Waals surface area contributed by atoms with Crippen molar-refractivity contribution in [1.29, 1.82) is 0 Å². The van der Waals surface area contributed by atoms with Gasteiger partial charge in [-0.25, -0.2) is 0 Å². The fourth-order valence-corrected chi connectivity index (χ4v) is 3.75. The summed E-state index contributed by atoms with van der Waals surface area (Å²) in [5, 5.41) is 12.5. The summed E-state index contributed by atoms with van der Waals surface area (Å²) in [6.45, 7) is 6.20. The van der Waals surface area contributed by atoms with Crippen molar-refractivity contribution in [1.82, 2.24) is 5.32 Å². The van der Waals surface area contributed by atoms with Gasteiger partial charge in [0, 0.05) is 19.1 Å². The topological polar surface area (TPSA) is 58.6 Å². The highest BCUT2D eigenvalue weighted by atomic mass is 16.5. The van der Waals surface area contributed by atoms with Gasteiger partial charge in [0.2, 0.25) is 0 Å². The molecule has 21 heavy (non-hydrogen) atoms. The number of rotatable bonds is 7. The van der Waals surface area contributed by atoms with Crippen LogP contribution in [-0.2, 0) is 9.53 Å². The van der Waals surface area contributed by atoms with Crippen LogP contribution >= 0.6 is 0 Å². The van der Waals surface area contributed by atoms with E-state index in [4.69, 9.17) is 9.84 Å². The maximum Gasteiger partial charge on any atom is 0.303 e. The first-order valence-electron chi connectivity index (χ1n) is 8.50. The fourth-order valence-electron chi connectivity index (χ4n) is 3.75. The zero-order chi connectivity index (χ0) is 15.3. The van der Waals surface area contributed by atoms with E-state index in [2.05, 4.69) is 19.2 Å². The molecule has 1 saturated heterocycles. The molecule has 2 N–H and O–H groups in total. The van der Waals surface area contributed by atoms with Gasteiger partial charge in [-0.15, -0.1) is 0 Å². The molecule has 1 unspecified atom stereocenters. The molecule has 0 amide bonds. The molecule has 4 nitrogen and oxygen atoms in total. The van der Waals surface area contributed by atoms with Crippen LogP contribution in [-0.4, -0.2) is 35.9 Å². The van der Waals surface area contributed by atoms with Gasteiger partial charge in [0.15, 0.2) is 0 Å². The number of nitrogens with one attached hydrogen (secondary N) is 1. The maximum atomic E-state index is 10.7. The third-order valence-electron chi connectivity index (χ3n) is 5.26. The first-order valence-corrected chi connectivity index (χ1v) is 8.50. The van der Waals surface area contributed by atoms with Crippen molar-refractivity contribution in [3.8, 4) is 0 Å². The lowest BCUT2D eigenvalue weighted by Crippen LogP contribution is -2.46. The van der Waals surface area contributed by atoms with Gasteiger partial charge in [-0.2, -0.15) is 0 Å². The van der Waals surface area contributed by atoms with Gasteiger partial charge < -0.3 is 15.2 Å². The summed E-state index contributed by atoms with van der Waals surface area (Å²) in [5.74, 6) is -0.691. The van der Waals surface area contributed by atoms with E-state index in [0.29, 0.717) is 6.04 Å². The van der Waals surface area contributed by atoms with Gasteiger partial charge in [-0.05, 0) is 50.5 Å². The Morgan fingerprint density at radius 2 is 2.05 bits per heavy atom. The number of carbonyl (C=O) groups is 1. The van der Waals surface area contributed by atoms with E-state index in [9.17, 15) is 4.79 Å². The molecule has 2 aliphatic rings. The summed E-state index contributed by atoms with van der Waals surface area (Å²) in [4.78, 5) is 10.7. The highest BCUT2D eigenvalue weighted by Gasteiger charge is 2.39. The Morgan fingerprint density at radius 3 is 2.71 bits per heavy atom. The summed E-state index contributed by atoms with van der Waals surface area (Å²) >= 11 is 0. The summed E-state index contributed by atoms with van der Waals surface area (Å²) in [7, 11) is 0. The minimum Gasteiger partial charge on any atom is -0.481 e. The molecule has 1 aliphatic heterocycles. The molecule has 2 fully saturated rings. The van der Waals surface area contributed by atoms with E-state index in [-0.39, 0.29) is 17.4 Å². The molecule has 0 aromatic carbocycles. The van der Waals surface area contributed by atoms with Crippen molar-refractivity contribution in [3.63, 3.8) is 0 Å². The minimum absolute atomic E-state index is 0.0988. The summed E-state index contributed by atoms with van der Waals surface area (Å²) in [6.07, 6.45) is 9.41. The lowest BCUT2D eigenvalue weighted by atomic mass is 9.84. The van der Waals surface area contributed by atoms with Crippen LogP contribution < -0.4 is 5.32 Å². The van der Waals surface area contributed by atoms with E-state index in [1.807, 2.05) is 0 Å². The molecule has 122 valence electrons. The maximum absolute atomic E-state index is 10.7. The normalized spacial score (nSPS) is 25.3. The summed E-state index contributed by atoms with van der Waals surface area (Å²) in [5.41, 5.74) is 0.274. The summed E-state index contributed by atoms with van der Waals surface area (Å²) in [6, 6.07) is 0.576. The Bertz CT molecular complexity index is 348. The average Bonchev–Trinajstić information content (AvgIpc) is 2.84. The van der Waals surface area contributed by atoms with Crippen LogP contribution in [0, 0.1) is 5.41 Å². The smallest absolute Gasteiger partial charge is 0.303 e. The first-order chi connectivity index (χ1) is 9.91. The first kappa shape index (κ1) is 16.8. The standard InChI is InChI=1S/C17H31NO3/c1-16(2,9-5-15(19)20)10-11-18-14-6-12-21-17(13-14)7-3-4-8-17/h14,18H,3-13H2,1-2H3,(H,19,20). The van der Waals surface area contributed by atoms with Crippen molar-refractivity contribution in [2.45, 2.75) is 83.3 Å². The molecule has 1 heterocycles. The van der Waals surface area contributed by atoms with Gasteiger partial charge in [-0.3, -0.25) is 4.79 Å². The minimum atomic E-state index is -0.691. The van der Waals surface area contributed by atoms with Crippen molar-refractivity contribution in [3.05, 3.63) is 0 Å². The van der Waals surface area contributed by atoms with Gasteiger partial charge in [0.1, 0.15) is 0 Å². The number of hydrogen-bond donors (Lipinski definition) is 2. The monoisotopic (exact) mass is 297 g/mol. The quantitative estimate of drug-likeness (QED) is 0.756. The van der Waals surface area contributed by atoms with Gasteiger partial charge >= 0.3 is 5.97 Å². The van der Waals surface area contributed by atoms with Crippen molar-refractivity contribution in [2.75, 3.05) is 13.2 Å². The second kappa shape index (κ2) is 7.10. The van der Waals surface area contributed by atoms with Crippen molar-refractivity contribution >= 4 is 5.97 Å². The Balaban J connectivity index is 1.69. The molecular weight excluding hydrogens is 266 g/mol. The Hall–Kier alpha value is -0.610. The van der Waals surface area contributed by atoms with Gasteiger partial charge in [0.25, 0.3) is 0 Å². The zero-order valence-electron chi connectivity index (χ0n) is 13.6. The lowest BCUT2D eigenvalue weighted by molar-refractivity contribution is -0.137. The zero-order valence-corrected chi connectivity index (χ0v) is 13.6. The van der Waals surface area contributed by atoms with Crippen molar-refractivity contribution in [2.24, 2.45) is 5.41 Å². The largest absolute Gasteiger partial charge is 0.481 e. The Morgan fingerprint density at radius 1 is 1.33 bits per heavy atom. The molecular formula is C17H31NO3. The molecule has 1 saturated carbocycles. The van der Waals surface area contributed by atoms with Crippen molar-refractivity contribution < 1.29 is 14.6 Å². The number of hydrogen-bond acceptors (Lipinski definition) is 3. The van der Waals surface area contributed by atoms with Gasteiger partial charge in [-0.1, -0.05) is 26.7 Å². The molecule has 4 heteroatoms. The third-order valence-corrected chi connectivity index (χ3v) is 5.26. The number of carboxylic acids is 1. The molecule has 1 aliphatic carbocycles. The number of ether oxygens (including phenoxy) is 1. The molecule has 0 aromatic heterocycles. The SMILES string of the molecule is CC(C)(CCNC1CCOC2(CCCC2)C1)CCC(=O)O. The van der Waals surface area contributed by atoms with E-state index >= 15 is 0 Å². The highest BCUT2D eigenvalue weighted by Crippen LogP contribution is 2.40. The molecule has 0 radical (unpaired) electrons. The lowest BCUT2D eigenvalue weighted by Gasteiger charge is -2.39. The second-order valence-corrected chi connectivity index (χ2v) is 7.69. The fraction of sp³-hybridized carbons (Fsp3) is 0.941.